The van der Waals surface area contributed by atoms with Crippen LogP contribution in [0, 0.1) is 22.7 Å². The number of hydrogen-bond donors (Lipinski definition) is 2. The SMILES string of the molecule is CN(C(=O)[C@H](CCC1CC1)NS(C)(=O)=O)[C@@H](CC(C)(C)C)C(=O)N1C[C@]2(C[C@H]1C#N)C(=O)Nc1ccccc12. The van der Waals surface area contributed by atoms with Gasteiger partial charge in [-0.05, 0) is 42.2 Å². The maximum atomic E-state index is 14.2. The molecular formula is C28H39N5O5S. The van der Waals surface area contributed by atoms with Gasteiger partial charge in [-0.3, -0.25) is 14.4 Å². The summed E-state index contributed by atoms with van der Waals surface area (Å²) in [5.41, 5.74) is 0.0447. The molecule has 1 saturated heterocycles. The van der Waals surface area contributed by atoms with E-state index in [1.807, 2.05) is 39.0 Å². The molecule has 0 unspecified atom stereocenters. The first-order chi connectivity index (χ1) is 18.1. The van der Waals surface area contributed by atoms with Crippen molar-refractivity contribution in [2.45, 2.75) is 82.8 Å². The Labute approximate surface area is 231 Å². The summed E-state index contributed by atoms with van der Waals surface area (Å²) in [5, 5.41) is 12.9. The number of likely N-dealkylation sites (tertiary alicyclic amines) is 1. The number of nitriles is 1. The number of para-hydroxylation sites is 1. The van der Waals surface area contributed by atoms with Gasteiger partial charge in [-0.2, -0.15) is 5.26 Å². The van der Waals surface area contributed by atoms with Crippen molar-refractivity contribution in [2.24, 2.45) is 11.3 Å². The second-order valence-corrected chi connectivity index (χ2v) is 14.4. The van der Waals surface area contributed by atoms with Gasteiger partial charge in [0.15, 0.2) is 0 Å². The Morgan fingerprint density at radius 3 is 2.54 bits per heavy atom. The Balaban J connectivity index is 1.63. The van der Waals surface area contributed by atoms with Crippen molar-refractivity contribution in [3.63, 3.8) is 0 Å². The van der Waals surface area contributed by atoms with Crippen LogP contribution in [-0.4, -0.2) is 73.9 Å². The number of hydrogen-bond acceptors (Lipinski definition) is 6. The molecule has 1 aromatic carbocycles. The highest BCUT2D eigenvalue weighted by Gasteiger charge is 2.57. The molecule has 2 fully saturated rings. The lowest BCUT2D eigenvalue weighted by atomic mass is 9.80. The third-order valence-corrected chi connectivity index (χ3v) is 8.75. The summed E-state index contributed by atoms with van der Waals surface area (Å²) in [6.45, 7) is 5.90. The maximum absolute atomic E-state index is 14.2. The van der Waals surface area contributed by atoms with Crippen LogP contribution in [0.5, 0.6) is 0 Å². The predicted molar refractivity (Wildman–Crippen MR) is 147 cm³/mol. The van der Waals surface area contributed by atoms with E-state index in [4.69, 9.17) is 0 Å². The van der Waals surface area contributed by atoms with Gasteiger partial charge in [0.2, 0.25) is 27.7 Å². The number of amides is 3. The third-order valence-electron chi connectivity index (χ3n) is 8.04. The van der Waals surface area contributed by atoms with Gasteiger partial charge in [-0.15, -0.1) is 0 Å². The van der Waals surface area contributed by atoms with Gasteiger partial charge in [0.05, 0.1) is 17.7 Å². The monoisotopic (exact) mass is 557 g/mol. The lowest BCUT2D eigenvalue weighted by molar-refractivity contribution is -0.147. The fraction of sp³-hybridized carbons (Fsp3) is 0.643. The van der Waals surface area contributed by atoms with E-state index in [-0.39, 0.29) is 24.3 Å². The van der Waals surface area contributed by atoms with Gasteiger partial charge in [-0.1, -0.05) is 51.8 Å². The fourth-order valence-electron chi connectivity index (χ4n) is 5.85. The highest BCUT2D eigenvalue weighted by molar-refractivity contribution is 7.88. The predicted octanol–water partition coefficient (Wildman–Crippen LogP) is 2.37. The molecule has 2 heterocycles. The van der Waals surface area contributed by atoms with Crippen molar-refractivity contribution in [1.29, 1.82) is 5.26 Å². The van der Waals surface area contributed by atoms with E-state index in [0.29, 0.717) is 24.4 Å². The molecule has 10 nitrogen and oxygen atoms in total. The van der Waals surface area contributed by atoms with Crippen LogP contribution in [0.1, 0.15) is 64.9 Å². The zero-order valence-corrected chi connectivity index (χ0v) is 24.2. The largest absolute Gasteiger partial charge is 0.332 e. The van der Waals surface area contributed by atoms with E-state index in [9.17, 15) is 28.1 Å². The van der Waals surface area contributed by atoms with E-state index in [0.717, 1.165) is 31.1 Å². The molecule has 4 atom stereocenters. The zero-order chi connectivity index (χ0) is 28.8. The molecule has 4 rings (SSSR count). The Morgan fingerprint density at radius 1 is 1.28 bits per heavy atom. The molecule has 1 saturated carbocycles. The summed E-state index contributed by atoms with van der Waals surface area (Å²) in [6, 6.07) is 6.75. The average molecular weight is 558 g/mol. The number of carbonyl (C=O) groups is 3. The number of nitrogens with zero attached hydrogens (tertiary/aromatic N) is 3. The molecule has 0 aromatic heterocycles. The highest BCUT2D eigenvalue weighted by Crippen LogP contribution is 2.46. The molecule has 0 bridgehead atoms. The average Bonchev–Trinajstić information content (AvgIpc) is 3.54. The van der Waals surface area contributed by atoms with E-state index in [1.54, 1.807) is 6.07 Å². The molecule has 212 valence electrons. The van der Waals surface area contributed by atoms with Gasteiger partial charge in [0.25, 0.3) is 0 Å². The van der Waals surface area contributed by atoms with Crippen molar-refractivity contribution in [2.75, 3.05) is 25.2 Å². The van der Waals surface area contributed by atoms with Crippen LogP contribution in [0.2, 0.25) is 0 Å². The van der Waals surface area contributed by atoms with E-state index >= 15 is 0 Å². The molecule has 0 radical (unpaired) electrons. The van der Waals surface area contributed by atoms with Gasteiger partial charge in [0.1, 0.15) is 18.1 Å². The summed E-state index contributed by atoms with van der Waals surface area (Å²) in [6.07, 6.45) is 4.71. The number of anilines is 1. The van der Waals surface area contributed by atoms with Gasteiger partial charge in [-0.25, -0.2) is 13.1 Å². The Kier molecular flexibility index (Phi) is 7.85. The minimum atomic E-state index is -3.67. The first kappa shape index (κ1) is 29.0. The van der Waals surface area contributed by atoms with E-state index < -0.39 is 45.4 Å². The van der Waals surface area contributed by atoms with E-state index in [1.165, 1.54) is 16.8 Å². The van der Waals surface area contributed by atoms with E-state index in [2.05, 4.69) is 16.1 Å². The van der Waals surface area contributed by atoms with Crippen molar-refractivity contribution in [3.8, 4) is 6.07 Å². The number of sulfonamides is 1. The number of likely N-dealkylation sites (N-methyl/N-ethyl adjacent to an activating group) is 1. The summed E-state index contributed by atoms with van der Waals surface area (Å²) >= 11 is 0. The fourth-order valence-corrected chi connectivity index (χ4v) is 6.58. The van der Waals surface area contributed by atoms with Crippen LogP contribution < -0.4 is 10.0 Å². The maximum Gasteiger partial charge on any atom is 0.246 e. The highest BCUT2D eigenvalue weighted by atomic mass is 32.2. The molecule has 3 aliphatic rings. The lowest BCUT2D eigenvalue weighted by Gasteiger charge is -2.37. The minimum absolute atomic E-state index is 0.0300. The smallest absolute Gasteiger partial charge is 0.246 e. The summed E-state index contributed by atoms with van der Waals surface area (Å²) in [4.78, 5) is 43.9. The normalized spacial score (nSPS) is 24.2. The Hall–Kier alpha value is -2.97. The molecule has 39 heavy (non-hydrogen) atoms. The summed E-state index contributed by atoms with van der Waals surface area (Å²) < 4.78 is 26.7. The number of fused-ring (bicyclic) bond motifs is 2. The zero-order valence-electron chi connectivity index (χ0n) is 23.4. The standard InChI is InChI=1S/C28H39N5O5S/c1-27(2,3)15-23(32(4)24(34)22(31-39(5,37)38)13-12-18-10-11-18)25(35)33-17-28(14-19(33)16-29)20-8-6-7-9-21(20)30-26(28)36/h6-9,18-19,22-23,31H,10-15,17H2,1-5H3,(H,30,36)/t19-,22-,23-,28-/m0/s1. The van der Waals surface area contributed by atoms with Crippen molar-refractivity contribution < 1.29 is 22.8 Å². The first-order valence-corrected chi connectivity index (χ1v) is 15.4. The van der Waals surface area contributed by atoms with Crippen LogP contribution in [-0.2, 0) is 29.8 Å². The number of carbonyl (C=O) groups excluding carboxylic acids is 3. The molecule has 2 aliphatic heterocycles. The summed E-state index contributed by atoms with van der Waals surface area (Å²) in [7, 11) is -2.15. The lowest BCUT2D eigenvalue weighted by Crippen LogP contribution is -2.56. The first-order valence-electron chi connectivity index (χ1n) is 13.5. The second kappa shape index (κ2) is 10.5. The van der Waals surface area contributed by atoms with Crippen LogP contribution in [0.25, 0.3) is 0 Å². The topological polar surface area (TPSA) is 140 Å². The van der Waals surface area contributed by atoms with Gasteiger partial charge >= 0.3 is 0 Å². The quantitative estimate of drug-likeness (QED) is 0.478. The number of benzene rings is 1. The van der Waals surface area contributed by atoms with Crippen molar-refractivity contribution in [3.05, 3.63) is 29.8 Å². The van der Waals surface area contributed by atoms with Gasteiger partial charge < -0.3 is 15.1 Å². The number of nitrogens with one attached hydrogen (secondary N) is 2. The van der Waals surface area contributed by atoms with Crippen molar-refractivity contribution in [1.82, 2.24) is 14.5 Å². The van der Waals surface area contributed by atoms with Gasteiger partial charge in [0, 0.05) is 25.7 Å². The Bertz CT molecular complexity index is 1300. The summed E-state index contributed by atoms with van der Waals surface area (Å²) in [5.74, 6) is -0.637. The Morgan fingerprint density at radius 2 is 1.95 bits per heavy atom. The van der Waals surface area contributed by atoms with Crippen LogP contribution in [0.4, 0.5) is 5.69 Å². The second-order valence-electron chi connectivity index (χ2n) is 12.6. The van der Waals surface area contributed by atoms with Crippen molar-refractivity contribution >= 4 is 33.4 Å². The molecule has 1 aliphatic carbocycles. The molecule has 3 amide bonds. The minimum Gasteiger partial charge on any atom is -0.332 e. The number of rotatable bonds is 9. The molecular weight excluding hydrogens is 518 g/mol. The molecule has 1 spiro atoms. The molecule has 2 N–H and O–H groups in total. The third kappa shape index (κ3) is 6.28. The molecule has 1 aromatic rings. The van der Waals surface area contributed by atoms with Crippen LogP contribution in [0.15, 0.2) is 24.3 Å². The molecule has 11 heteroatoms. The van der Waals surface area contributed by atoms with Crippen LogP contribution in [0.3, 0.4) is 0 Å². The van der Waals surface area contributed by atoms with Crippen LogP contribution >= 0.6 is 0 Å².